The number of nitrogens with zero attached hydrogens (tertiary/aromatic N) is 3. The Kier molecular flexibility index (Phi) is 7.23. The van der Waals surface area contributed by atoms with Gasteiger partial charge in [-0.2, -0.15) is 0 Å². The summed E-state index contributed by atoms with van der Waals surface area (Å²) in [6, 6.07) is 7.60. The van der Waals surface area contributed by atoms with E-state index in [0.717, 1.165) is 67.2 Å². The van der Waals surface area contributed by atoms with E-state index in [4.69, 9.17) is 21.1 Å². The number of amides is 1. The number of halogens is 1. The van der Waals surface area contributed by atoms with Gasteiger partial charge in [-0.3, -0.25) is 9.78 Å². The quantitative estimate of drug-likeness (QED) is 0.404. The molecule has 0 aromatic carbocycles. The molecule has 2 N–H and O–H groups in total. The van der Waals surface area contributed by atoms with Gasteiger partial charge in [0.15, 0.2) is 18.2 Å². The number of fused-ring (bicyclic) bond motifs is 2. The molecule has 1 saturated carbocycles. The summed E-state index contributed by atoms with van der Waals surface area (Å²) < 4.78 is 10.8. The maximum absolute atomic E-state index is 11.6. The Labute approximate surface area is 222 Å². The number of carbonyl (C=O) groups excluding carboxylic acids is 1. The van der Waals surface area contributed by atoms with Gasteiger partial charge in [0.1, 0.15) is 0 Å². The number of hydrogen-bond acceptors (Lipinski definition) is 7. The van der Waals surface area contributed by atoms with E-state index in [9.17, 15) is 4.79 Å². The number of aryl methyl sites for hydroxylation is 1. The molecule has 0 radical (unpaired) electrons. The lowest BCUT2D eigenvalue weighted by Crippen LogP contribution is -2.47. The van der Waals surface area contributed by atoms with Crippen molar-refractivity contribution in [2.45, 2.75) is 70.9 Å². The Morgan fingerprint density at radius 1 is 1.16 bits per heavy atom. The number of anilines is 1. The second kappa shape index (κ2) is 10.4. The maximum Gasteiger partial charge on any atom is 0.263 e. The number of aromatic nitrogens is 3. The van der Waals surface area contributed by atoms with E-state index in [0.29, 0.717) is 29.0 Å². The van der Waals surface area contributed by atoms with Gasteiger partial charge >= 0.3 is 0 Å². The van der Waals surface area contributed by atoms with Crippen molar-refractivity contribution in [1.29, 1.82) is 0 Å². The summed E-state index contributed by atoms with van der Waals surface area (Å²) in [5.74, 6) is 1.53. The van der Waals surface area contributed by atoms with Gasteiger partial charge in [-0.1, -0.05) is 24.9 Å². The molecule has 1 aliphatic heterocycles. The second-order valence-corrected chi connectivity index (χ2v) is 11.0. The molecule has 0 spiro atoms. The van der Waals surface area contributed by atoms with E-state index in [1.165, 1.54) is 0 Å². The van der Waals surface area contributed by atoms with Gasteiger partial charge in [0.2, 0.25) is 5.88 Å². The van der Waals surface area contributed by atoms with Crippen molar-refractivity contribution in [1.82, 2.24) is 20.3 Å². The van der Waals surface area contributed by atoms with Gasteiger partial charge in [0.25, 0.3) is 5.91 Å². The summed E-state index contributed by atoms with van der Waals surface area (Å²) in [5.41, 5.74) is 3.92. The summed E-state index contributed by atoms with van der Waals surface area (Å²) in [4.78, 5) is 25.3. The fourth-order valence-electron chi connectivity index (χ4n) is 5.51. The fraction of sp³-hybridized carbons (Fsp3) is 0.500. The van der Waals surface area contributed by atoms with Crippen molar-refractivity contribution < 1.29 is 14.3 Å². The predicted octanol–water partition coefficient (Wildman–Crippen LogP) is 5.47. The first kappa shape index (κ1) is 25.7. The molecule has 2 aliphatic rings. The molecule has 0 unspecified atom stereocenters. The van der Waals surface area contributed by atoms with Crippen LogP contribution in [0.3, 0.4) is 0 Å². The van der Waals surface area contributed by atoms with E-state index in [2.05, 4.69) is 39.4 Å². The smallest absolute Gasteiger partial charge is 0.263 e. The molecule has 4 heterocycles. The van der Waals surface area contributed by atoms with Gasteiger partial charge in [0.05, 0.1) is 28.9 Å². The number of rotatable bonds is 8. The average molecular weight is 524 g/mol. The normalized spacial score (nSPS) is 23.3. The van der Waals surface area contributed by atoms with Crippen molar-refractivity contribution in [3.05, 3.63) is 46.7 Å². The molecular weight excluding hydrogens is 490 g/mol. The third kappa shape index (κ3) is 5.50. The summed E-state index contributed by atoms with van der Waals surface area (Å²) in [6.45, 7) is 5.29. The van der Waals surface area contributed by atoms with Crippen LogP contribution in [0.2, 0.25) is 5.02 Å². The minimum absolute atomic E-state index is 0.0337. The first-order valence-corrected chi connectivity index (χ1v) is 13.4. The molecule has 3 aromatic heterocycles. The largest absolute Gasteiger partial charge is 0.481 e. The zero-order chi connectivity index (χ0) is 26.0. The topological polar surface area (TPSA) is 98.3 Å². The van der Waals surface area contributed by atoms with Crippen LogP contribution >= 0.6 is 11.6 Å². The summed E-state index contributed by atoms with van der Waals surface area (Å²) in [5, 5.41) is 7.20. The number of hydrogen-bond donors (Lipinski definition) is 2. The molecule has 9 heteroatoms. The minimum Gasteiger partial charge on any atom is -0.481 e. The third-order valence-corrected chi connectivity index (χ3v) is 8.57. The summed E-state index contributed by atoms with van der Waals surface area (Å²) >= 11 is 6.61. The van der Waals surface area contributed by atoms with Crippen LogP contribution in [-0.2, 0) is 17.8 Å². The Morgan fingerprint density at radius 3 is 2.73 bits per heavy atom. The molecule has 37 heavy (non-hydrogen) atoms. The van der Waals surface area contributed by atoms with E-state index < -0.39 is 0 Å². The number of ether oxygens (including phenoxy) is 2. The molecule has 0 bridgehead atoms. The Morgan fingerprint density at radius 2 is 1.97 bits per heavy atom. The van der Waals surface area contributed by atoms with Gasteiger partial charge in [-0.25, -0.2) is 9.97 Å². The van der Waals surface area contributed by atoms with Gasteiger partial charge in [0, 0.05) is 29.9 Å². The molecule has 8 nitrogen and oxygen atoms in total. The van der Waals surface area contributed by atoms with Crippen molar-refractivity contribution in [3.8, 4) is 11.6 Å². The molecule has 0 atom stereocenters. The first-order chi connectivity index (χ1) is 17.8. The summed E-state index contributed by atoms with van der Waals surface area (Å²) in [7, 11) is 1.62. The Hall–Kier alpha value is -2.97. The van der Waals surface area contributed by atoms with Crippen LogP contribution in [0.1, 0.15) is 63.6 Å². The van der Waals surface area contributed by atoms with E-state index in [-0.39, 0.29) is 23.5 Å². The molecular formula is C28H34ClN5O3. The molecule has 3 aromatic rings. The first-order valence-electron chi connectivity index (χ1n) is 13.0. The van der Waals surface area contributed by atoms with Crippen LogP contribution in [0.4, 0.5) is 5.82 Å². The molecule has 1 amide bonds. The average Bonchev–Trinajstić information content (AvgIpc) is 2.92. The zero-order valence-electron chi connectivity index (χ0n) is 21.7. The maximum atomic E-state index is 11.6. The van der Waals surface area contributed by atoms with Crippen molar-refractivity contribution in [2.75, 3.05) is 19.0 Å². The SMILES string of the molecule is CCC1(CCc2c(Cl)cnc3ccc(OC)nc23)CCC(C)(NCc2ccc3c(n2)NC(=O)CO3)CC1. The minimum atomic E-state index is -0.170. The highest BCUT2D eigenvalue weighted by molar-refractivity contribution is 6.32. The lowest BCUT2D eigenvalue weighted by molar-refractivity contribution is -0.118. The van der Waals surface area contributed by atoms with Crippen LogP contribution < -0.4 is 20.1 Å². The van der Waals surface area contributed by atoms with Crippen molar-refractivity contribution in [3.63, 3.8) is 0 Å². The Bertz CT molecular complexity index is 1310. The Balaban J connectivity index is 1.23. The van der Waals surface area contributed by atoms with Crippen LogP contribution in [0.5, 0.6) is 11.6 Å². The van der Waals surface area contributed by atoms with Crippen molar-refractivity contribution in [2.24, 2.45) is 5.41 Å². The highest BCUT2D eigenvalue weighted by atomic mass is 35.5. The molecule has 5 rings (SSSR count). The zero-order valence-corrected chi connectivity index (χ0v) is 22.5. The van der Waals surface area contributed by atoms with Crippen LogP contribution in [-0.4, -0.2) is 40.1 Å². The number of methoxy groups -OCH3 is 1. The predicted molar refractivity (Wildman–Crippen MR) is 144 cm³/mol. The molecule has 0 saturated heterocycles. The third-order valence-electron chi connectivity index (χ3n) is 8.25. The van der Waals surface area contributed by atoms with Gasteiger partial charge < -0.3 is 20.1 Å². The summed E-state index contributed by atoms with van der Waals surface area (Å²) in [6.07, 6.45) is 9.25. The lowest BCUT2D eigenvalue weighted by Gasteiger charge is -2.45. The number of nitrogens with one attached hydrogen (secondary N) is 2. The highest BCUT2D eigenvalue weighted by Crippen LogP contribution is 2.47. The lowest BCUT2D eigenvalue weighted by atomic mass is 9.64. The highest BCUT2D eigenvalue weighted by Gasteiger charge is 2.39. The van der Waals surface area contributed by atoms with E-state index >= 15 is 0 Å². The van der Waals surface area contributed by atoms with Gasteiger partial charge in [-0.05, 0) is 69.1 Å². The molecule has 1 aliphatic carbocycles. The van der Waals surface area contributed by atoms with Crippen molar-refractivity contribution >= 4 is 34.4 Å². The standard InChI is InChI=1S/C28H34ClN5O3/c1-4-28(10-9-19-20(29)16-30-21-6-8-24(36-3)34-25(19)21)13-11-27(2,12-14-28)31-15-18-5-7-22-26(32-18)33-23(35)17-37-22/h5-8,16,31H,4,9-15,17H2,1-3H3,(H,32,33,35). The second-order valence-electron chi connectivity index (χ2n) is 10.6. The van der Waals surface area contributed by atoms with Crippen LogP contribution in [0.15, 0.2) is 30.5 Å². The number of carbonyl (C=O) groups is 1. The molecule has 196 valence electrons. The van der Waals surface area contributed by atoms with Gasteiger partial charge in [-0.15, -0.1) is 0 Å². The van der Waals surface area contributed by atoms with E-state index in [1.807, 2.05) is 24.3 Å². The molecule has 1 fully saturated rings. The van der Waals surface area contributed by atoms with Crippen LogP contribution in [0.25, 0.3) is 11.0 Å². The van der Waals surface area contributed by atoms with E-state index in [1.54, 1.807) is 13.3 Å². The fourth-order valence-corrected chi connectivity index (χ4v) is 5.75. The van der Waals surface area contributed by atoms with Crippen LogP contribution in [0, 0.1) is 5.41 Å². The monoisotopic (exact) mass is 523 g/mol. The number of pyridine rings is 3.